The van der Waals surface area contributed by atoms with Crippen LogP contribution in [0.5, 0.6) is 5.75 Å². The maximum absolute atomic E-state index is 13.0. The molecule has 3 amide bonds. The van der Waals surface area contributed by atoms with E-state index in [2.05, 4.69) is 0 Å². The second-order valence-corrected chi connectivity index (χ2v) is 6.46. The third-order valence-corrected chi connectivity index (χ3v) is 4.12. The van der Waals surface area contributed by atoms with Crippen LogP contribution in [0.1, 0.15) is 15.9 Å². The zero-order valence-electron chi connectivity index (χ0n) is 15.9. The number of carbonyl (C=O) groups excluding carboxylic acids is 2. The molecular formula is C23H22N2O3. The van der Waals surface area contributed by atoms with Gasteiger partial charge in [-0.3, -0.25) is 4.79 Å². The lowest BCUT2D eigenvalue weighted by atomic mass is 10.2. The molecule has 0 radical (unpaired) electrons. The minimum absolute atomic E-state index is 0.389. The summed E-state index contributed by atoms with van der Waals surface area (Å²) in [5.41, 5.74) is 1.93. The number of anilines is 1. The van der Waals surface area contributed by atoms with Crippen molar-refractivity contribution in [1.82, 2.24) is 4.90 Å². The van der Waals surface area contributed by atoms with Crippen LogP contribution in [-0.2, 0) is 6.61 Å². The van der Waals surface area contributed by atoms with Gasteiger partial charge in [-0.2, -0.15) is 0 Å². The number of urea groups is 1. The highest BCUT2D eigenvalue weighted by atomic mass is 16.5. The Morgan fingerprint density at radius 2 is 1.46 bits per heavy atom. The smallest absolute Gasteiger partial charge is 0.331 e. The molecule has 0 fully saturated rings. The van der Waals surface area contributed by atoms with Crippen LogP contribution in [0.25, 0.3) is 0 Å². The SMILES string of the molecule is CN(C)C(=O)N(C(=O)c1ccccc1)c1cccc(OCc2ccccc2)c1. The summed E-state index contributed by atoms with van der Waals surface area (Å²) in [6.45, 7) is 0.401. The highest BCUT2D eigenvalue weighted by molar-refractivity contribution is 6.20. The molecule has 0 heterocycles. The lowest BCUT2D eigenvalue weighted by molar-refractivity contribution is 0.0989. The number of benzene rings is 3. The normalized spacial score (nSPS) is 10.2. The van der Waals surface area contributed by atoms with Gasteiger partial charge in [-0.1, -0.05) is 54.6 Å². The van der Waals surface area contributed by atoms with E-state index in [-0.39, 0.29) is 5.91 Å². The second-order valence-electron chi connectivity index (χ2n) is 6.46. The van der Waals surface area contributed by atoms with Crippen LogP contribution < -0.4 is 9.64 Å². The zero-order chi connectivity index (χ0) is 19.9. The number of rotatable bonds is 5. The van der Waals surface area contributed by atoms with Gasteiger partial charge in [0.1, 0.15) is 12.4 Å². The van der Waals surface area contributed by atoms with Crippen molar-refractivity contribution < 1.29 is 14.3 Å². The van der Waals surface area contributed by atoms with Gasteiger partial charge in [0.25, 0.3) is 5.91 Å². The first-order chi connectivity index (χ1) is 13.6. The monoisotopic (exact) mass is 374 g/mol. The maximum atomic E-state index is 13.0. The Bertz CT molecular complexity index is 940. The number of hydrogen-bond donors (Lipinski definition) is 0. The summed E-state index contributed by atoms with van der Waals surface area (Å²) in [6, 6.07) is 25.1. The zero-order valence-corrected chi connectivity index (χ0v) is 15.9. The van der Waals surface area contributed by atoms with Crippen molar-refractivity contribution in [2.45, 2.75) is 6.61 Å². The summed E-state index contributed by atoms with van der Waals surface area (Å²) in [6.07, 6.45) is 0. The van der Waals surface area contributed by atoms with Crippen LogP contribution in [-0.4, -0.2) is 30.9 Å². The molecule has 5 nitrogen and oxygen atoms in total. The standard InChI is InChI=1S/C23H22N2O3/c1-24(2)23(27)25(22(26)19-12-7-4-8-13-19)20-14-9-15-21(16-20)28-17-18-10-5-3-6-11-18/h3-16H,17H2,1-2H3. The van der Waals surface area contributed by atoms with E-state index in [1.54, 1.807) is 62.6 Å². The van der Waals surface area contributed by atoms with E-state index < -0.39 is 6.03 Å². The molecule has 142 valence electrons. The first-order valence-electron chi connectivity index (χ1n) is 8.94. The van der Waals surface area contributed by atoms with Gasteiger partial charge in [-0.25, -0.2) is 9.69 Å². The first kappa shape index (κ1) is 19.2. The van der Waals surface area contributed by atoms with Crippen LogP contribution >= 0.6 is 0 Å². The minimum Gasteiger partial charge on any atom is -0.489 e. The van der Waals surface area contributed by atoms with Crippen LogP contribution in [0.15, 0.2) is 84.9 Å². The molecule has 3 aromatic carbocycles. The number of ether oxygens (including phenoxy) is 1. The fraction of sp³-hybridized carbons (Fsp3) is 0.130. The second kappa shape index (κ2) is 8.86. The molecule has 0 aliphatic heterocycles. The molecule has 0 saturated carbocycles. The van der Waals surface area contributed by atoms with Gasteiger partial charge in [-0.05, 0) is 29.8 Å². The summed E-state index contributed by atoms with van der Waals surface area (Å²) in [4.78, 5) is 28.3. The van der Waals surface area contributed by atoms with Crippen LogP contribution in [0, 0.1) is 0 Å². The highest BCUT2D eigenvalue weighted by Crippen LogP contribution is 2.24. The average Bonchev–Trinajstić information content (AvgIpc) is 2.74. The van der Waals surface area contributed by atoms with Gasteiger partial charge in [0, 0.05) is 25.7 Å². The summed E-state index contributed by atoms with van der Waals surface area (Å²) in [5.74, 6) is 0.193. The molecule has 0 atom stereocenters. The van der Waals surface area contributed by atoms with Gasteiger partial charge in [0.2, 0.25) is 0 Å². The van der Waals surface area contributed by atoms with Crippen molar-refractivity contribution in [1.29, 1.82) is 0 Å². The van der Waals surface area contributed by atoms with Crippen LogP contribution in [0.2, 0.25) is 0 Å². The predicted octanol–water partition coefficient (Wildman–Crippen LogP) is 4.59. The topological polar surface area (TPSA) is 49.9 Å². The van der Waals surface area contributed by atoms with E-state index in [9.17, 15) is 9.59 Å². The Morgan fingerprint density at radius 1 is 0.821 bits per heavy atom. The summed E-state index contributed by atoms with van der Waals surface area (Å²) in [7, 11) is 3.23. The summed E-state index contributed by atoms with van der Waals surface area (Å²) >= 11 is 0. The van der Waals surface area contributed by atoms with Crippen LogP contribution in [0.3, 0.4) is 0 Å². The lowest BCUT2D eigenvalue weighted by Gasteiger charge is -2.25. The number of amides is 3. The molecule has 3 rings (SSSR count). The quantitative estimate of drug-likeness (QED) is 0.656. The Kier molecular flexibility index (Phi) is 6.07. The number of imide groups is 1. The van der Waals surface area contributed by atoms with Crippen LogP contribution in [0.4, 0.5) is 10.5 Å². The molecule has 5 heteroatoms. The molecule has 0 aliphatic rings. The lowest BCUT2D eigenvalue weighted by Crippen LogP contribution is -2.43. The summed E-state index contributed by atoms with van der Waals surface area (Å²) < 4.78 is 5.85. The predicted molar refractivity (Wildman–Crippen MR) is 110 cm³/mol. The molecule has 0 aliphatic carbocycles. The van der Waals surface area contributed by atoms with Gasteiger partial charge in [0.15, 0.2) is 0 Å². The molecule has 3 aromatic rings. The highest BCUT2D eigenvalue weighted by Gasteiger charge is 2.26. The van der Waals surface area contributed by atoms with E-state index in [1.807, 2.05) is 36.4 Å². The van der Waals surface area contributed by atoms with Gasteiger partial charge < -0.3 is 9.64 Å². The van der Waals surface area contributed by atoms with E-state index >= 15 is 0 Å². The largest absolute Gasteiger partial charge is 0.489 e. The Balaban J connectivity index is 1.87. The minimum atomic E-state index is -0.422. The van der Waals surface area contributed by atoms with Gasteiger partial charge in [-0.15, -0.1) is 0 Å². The molecule has 0 spiro atoms. The third kappa shape index (κ3) is 4.57. The molecule has 0 N–H and O–H groups in total. The number of carbonyl (C=O) groups is 2. The average molecular weight is 374 g/mol. The maximum Gasteiger partial charge on any atom is 0.331 e. The van der Waals surface area contributed by atoms with E-state index in [0.29, 0.717) is 23.6 Å². The fourth-order valence-corrected chi connectivity index (χ4v) is 2.68. The van der Waals surface area contributed by atoms with Crippen molar-refractivity contribution in [2.75, 3.05) is 19.0 Å². The number of hydrogen-bond acceptors (Lipinski definition) is 3. The molecule has 0 saturated heterocycles. The van der Waals surface area contributed by atoms with E-state index in [4.69, 9.17) is 4.74 Å². The van der Waals surface area contributed by atoms with Crippen molar-refractivity contribution in [2.24, 2.45) is 0 Å². The molecular weight excluding hydrogens is 352 g/mol. The fourth-order valence-electron chi connectivity index (χ4n) is 2.68. The number of nitrogens with zero attached hydrogens (tertiary/aromatic N) is 2. The van der Waals surface area contributed by atoms with E-state index in [0.717, 1.165) is 10.5 Å². The van der Waals surface area contributed by atoms with Crippen molar-refractivity contribution in [3.63, 3.8) is 0 Å². The molecule has 28 heavy (non-hydrogen) atoms. The summed E-state index contributed by atoms with van der Waals surface area (Å²) in [5, 5.41) is 0. The molecule has 0 aromatic heterocycles. The first-order valence-corrected chi connectivity index (χ1v) is 8.94. The van der Waals surface area contributed by atoms with E-state index in [1.165, 1.54) is 4.90 Å². The Labute approximate surface area is 164 Å². The van der Waals surface area contributed by atoms with Crippen molar-refractivity contribution in [3.05, 3.63) is 96.1 Å². The molecule has 0 unspecified atom stereocenters. The Morgan fingerprint density at radius 3 is 2.11 bits per heavy atom. The van der Waals surface area contributed by atoms with Gasteiger partial charge in [0.05, 0.1) is 5.69 Å². The van der Waals surface area contributed by atoms with Crippen molar-refractivity contribution >= 4 is 17.6 Å². The van der Waals surface area contributed by atoms with Gasteiger partial charge >= 0.3 is 6.03 Å². The Hall–Kier alpha value is -3.60. The third-order valence-electron chi connectivity index (χ3n) is 4.12. The van der Waals surface area contributed by atoms with Crippen molar-refractivity contribution in [3.8, 4) is 5.75 Å². The molecule has 0 bridgehead atoms.